The minimum absolute atomic E-state index is 0.0155. The number of allylic oxidation sites excluding steroid dienone is 4. The standard InChI is InChI=1S/C37H54F2O2/c1-4-6-26-8-15-33-23-27(9-16-32(33)22-26)7-12-29-17-18-31(21-25(29)3)30-13-10-28(11-14-30)24-41-35-20-19-34(40-5-2)36(38)37(35)39/h17-21,25-30,32-33H,4-16,22-24H2,1-3H3. The smallest absolute Gasteiger partial charge is 0.204 e. The number of fused-ring (bicyclic) bond motifs is 1. The molecule has 0 radical (unpaired) electrons. The Morgan fingerprint density at radius 2 is 1.34 bits per heavy atom. The van der Waals surface area contributed by atoms with Gasteiger partial charge in [0, 0.05) is 0 Å². The Morgan fingerprint density at radius 3 is 1.95 bits per heavy atom. The normalized spacial score (nSPS) is 33.6. The molecule has 0 saturated heterocycles. The molecule has 6 atom stereocenters. The number of ether oxygens (including phenoxy) is 2. The maximum absolute atomic E-state index is 14.4. The van der Waals surface area contributed by atoms with E-state index >= 15 is 0 Å². The van der Waals surface area contributed by atoms with E-state index in [0.717, 1.165) is 49.4 Å². The summed E-state index contributed by atoms with van der Waals surface area (Å²) < 4.78 is 39.4. The first kappa shape index (κ1) is 30.6. The summed E-state index contributed by atoms with van der Waals surface area (Å²) in [5.41, 5.74) is 1.53. The van der Waals surface area contributed by atoms with E-state index in [9.17, 15) is 8.78 Å². The van der Waals surface area contributed by atoms with Crippen LogP contribution in [0, 0.1) is 59.0 Å². The molecule has 4 aliphatic carbocycles. The molecule has 1 aromatic rings. The molecule has 0 bridgehead atoms. The highest BCUT2D eigenvalue weighted by Crippen LogP contribution is 2.47. The lowest BCUT2D eigenvalue weighted by molar-refractivity contribution is 0.0897. The Morgan fingerprint density at radius 1 is 0.732 bits per heavy atom. The SMILES string of the molecule is CCCC1CCC2CC(CCC3C=CC(C4CCC(COc5ccc(OCC)c(F)c5F)CC4)=CC3C)CCC2C1. The highest BCUT2D eigenvalue weighted by Gasteiger charge is 2.35. The first-order valence-electron chi connectivity index (χ1n) is 17.1. The second-order valence-corrected chi connectivity index (χ2v) is 13.9. The number of halogens is 2. The van der Waals surface area contributed by atoms with Crippen molar-refractivity contribution in [3.05, 3.63) is 47.6 Å². The Labute approximate surface area is 248 Å². The van der Waals surface area contributed by atoms with Gasteiger partial charge in [-0.25, -0.2) is 0 Å². The largest absolute Gasteiger partial charge is 0.491 e. The van der Waals surface area contributed by atoms with Crippen LogP contribution in [-0.4, -0.2) is 13.2 Å². The average molecular weight is 569 g/mol. The van der Waals surface area contributed by atoms with E-state index in [1.54, 1.807) is 6.92 Å². The lowest BCUT2D eigenvalue weighted by atomic mass is 9.63. The van der Waals surface area contributed by atoms with Gasteiger partial charge in [-0.2, -0.15) is 8.78 Å². The van der Waals surface area contributed by atoms with Gasteiger partial charge in [-0.05, 0) is 136 Å². The number of rotatable bonds is 11. The summed E-state index contributed by atoms with van der Waals surface area (Å²) in [6, 6.07) is 2.93. The molecule has 0 aliphatic heterocycles. The van der Waals surface area contributed by atoms with E-state index in [4.69, 9.17) is 9.47 Å². The molecule has 0 amide bonds. The van der Waals surface area contributed by atoms with Crippen molar-refractivity contribution in [2.24, 2.45) is 47.3 Å². The van der Waals surface area contributed by atoms with Crippen molar-refractivity contribution in [3.8, 4) is 11.5 Å². The van der Waals surface area contributed by atoms with Gasteiger partial charge in [0.2, 0.25) is 11.6 Å². The molecule has 6 unspecified atom stereocenters. The average Bonchev–Trinajstić information content (AvgIpc) is 2.99. The van der Waals surface area contributed by atoms with Gasteiger partial charge in [-0.15, -0.1) is 0 Å². The second-order valence-electron chi connectivity index (χ2n) is 13.9. The zero-order valence-corrected chi connectivity index (χ0v) is 25.9. The maximum Gasteiger partial charge on any atom is 0.204 e. The minimum Gasteiger partial charge on any atom is -0.491 e. The third kappa shape index (κ3) is 7.77. The predicted octanol–water partition coefficient (Wildman–Crippen LogP) is 10.7. The first-order valence-corrected chi connectivity index (χ1v) is 17.1. The Balaban J connectivity index is 1.02. The molecule has 0 spiro atoms. The fourth-order valence-corrected chi connectivity index (χ4v) is 8.73. The molecule has 228 valence electrons. The molecule has 0 aromatic heterocycles. The van der Waals surface area contributed by atoms with Gasteiger partial charge < -0.3 is 9.47 Å². The molecule has 2 nitrogen and oxygen atoms in total. The lowest BCUT2D eigenvalue weighted by Crippen LogP contribution is -2.31. The highest BCUT2D eigenvalue weighted by molar-refractivity contribution is 5.35. The molecule has 4 aliphatic rings. The molecule has 3 fully saturated rings. The molecular formula is C37H54F2O2. The van der Waals surface area contributed by atoms with E-state index in [0.29, 0.717) is 36.9 Å². The topological polar surface area (TPSA) is 18.5 Å². The molecule has 3 saturated carbocycles. The zero-order chi connectivity index (χ0) is 28.8. The number of hydrogen-bond donors (Lipinski definition) is 0. The van der Waals surface area contributed by atoms with Gasteiger partial charge in [-0.3, -0.25) is 0 Å². The van der Waals surface area contributed by atoms with Crippen molar-refractivity contribution in [2.75, 3.05) is 13.2 Å². The summed E-state index contributed by atoms with van der Waals surface area (Å²) >= 11 is 0. The van der Waals surface area contributed by atoms with Gasteiger partial charge in [0.15, 0.2) is 11.5 Å². The second kappa shape index (κ2) is 14.6. The van der Waals surface area contributed by atoms with Crippen LogP contribution in [0.5, 0.6) is 11.5 Å². The third-order valence-corrected chi connectivity index (χ3v) is 11.2. The summed E-state index contributed by atoms with van der Waals surface area (Å²) in [7, 11) is 0. The van der Waals surface area contributed by atoms with Crippen molar-refractivity contribution < 1.29 is 18.3 Å². The molecule has 1 aromatic carbocycles. The maximum atomic E-state index is 14.4. The molecular weight excluding hydrogens is 514 g/mol. The molecule has 0 heterocycles. The Kier molecular flexibility index (Phi) is 10.9. The van der Waals surface area contributed by atoms with Crippen molar-refractivity contribution in [2.45, 2.75) is 111 Å². The predicted molar refractivity (Wildman–Crippen MR) is 164 cm³/mol. The lowest BCUT2D eigenvalue weighted by Gasteiger charge is -2.42. The van der Waals surface area contributed by atoms with Crippen LogP contribution in [-0.2, 0) is 0 Å². The fourth-order valence-electron chi connectivity index (χ4n) is 8.73. The number of hydrogen-bond acceptors (Lipinski definition) is 2. The van der Waals surface area contributed by atoms with Crippen molar-refractivity contribution >= 4 is 0 Å². The van der Waals surface area contributed by atoms with E-state index in [1.807, 2.05) is 0 Å². The summed E-state index contributed by atoms with van der Waals surface area (Å²) in [4.78, 5) is 0. The first-order chi connectivity index (χ1) is 19.9. The number of benzene rings is 1. The van der Waals surface area contributed by atoms with Crippen LogP contribution < -0.4 is 9.47 Å². The zero-order valence-electron chi connectivity index (χ0n) is 25.9. The minimum atomic E-state index is -0.964. The highest BCUT2D eigenvalue weighted by atomic mass is 19.2. The monoisotopic (exact) mass is 568 g/mol. The van der Waals surface area contributed by atoms with Gasteiger partial charge in [-0.1, -0.05) is 57.8 Å². The molecule has 5 rings (SSSR count). The molecule has 4 heteroatoms. The third-order valence-electron chi connectivity index (χ3n) is 11.2. The van der Waals surface area contributed by atoms with Gasteiger partial charge in [0.25, 0.3) is 0 Å². The fraction of sp³-hybridized carbons (Fsp3) is 0.730. The molecule has 41 heavy (non-hydrogen) atoms. The summed E-state index contributed by atoms with van der Waals surface area (Å²) in [6.07, 6.45) is 26.5. The van der Waals surface area contributed by atoms with Crippen molar-refractivity contribution in [1.82, 2.24) is 0 Å². The van der Waals surface area contributed by atoms with Crippen LogP contribution >= 0.6 is 0 Å². The van der Waals surface area contributed by atoms with Gasteiger partial charge in [0.1, 0.15) is 0 Å². The van der Waals surface area contributed by atoms with E-state index in [1.165, 1.54) is 81.9 Å². The van der Waals surface area contributed by atoms with Gasteiger partial charge in [0.05, 0.1) is 13.2 Å². The summed E-state index contributed by atoms with van der Waals surface area (Å²) in [5, 5.41) is 0. The molecule has 0 N–H and O–H groups in total. The van der Waals surface area contributed by atoms with Crippen LogP contribution in [0.15, 0.2) is 35.9 Å². The van der Waals surface area contributed by atoms with Crippen LogP contribution in [0.4, 0.5) is 8.78 Å². The Hall–Kier alpha value is -1.84. The van der Waals surface area contributed by atoms with E-state index in [-0.39, 0.29) is 11.5 Å². The van der Waals surface area contributed by atoms with Crippen LogP contribution in [0.2, 0.25) is 0 Å². The van der Waals surface area contributed by atoms with E-state index in [2.05, 4.69) is 32.1 Å². The van der Waals surface area contributed by atoms with Crippen LogP contribution in [0.1, 0.15) is 111 Å². The van der Waals surface area contributed by atoms with Crippen LogP contribution in [0.3, 0.4) is 0 Å². The van der Waals surface area contributed by atoms with Crippen LogP contribution in [0.25, 0.3) is 0 Å². The van der Waals surface area contributed by atoms with Gasteiger partial charge >= 0.3 is 0 Å². The summed E-state index contributed by atoms with van der Waals surface area (Å²) in [5.74, 6) is 4.35. The Bertz CT molecular complexity index is 1040. The summed E-state index contributed by atoms with van der Waals surface area (Å²) in [6.45, 7) is 7.26. The van der Waals surface area contributed by atoms with Crippen molar-refractivity contribution in [1.29, 1.82) is 0 Å². The van der Waals surface area contributed by atoms with Crippen molar-refractivity contribution in [3.63, 3.8) is 0 Å². The quantitative estimate of drug-likeness (QED) is 0.264. The van der Waals surface area contributed by atoms with E-state index < -0.39 is 11.6 Å².